The molecule has 10 heavy (non-hydrogen) atoms. The van der Waals surface area contributed by atoms with Crippen LogP contribution < -0.4 is 11.5 Å². The second-order valence-electron chi connectivity index (χ2n) is 2.38. The van der Waals surface area contributed by atoms with Gasteiger partial charge in [-0.1, -0.05) is 0 Å². The highest BCUT2D eigenvalue weighted by atomic mass is 16.6. The molecule has 1 aliphatic rings. The van der Waals surface area contributed by atoms with Crippen molar-refractivity contribution in [1.29, 1.82) is 0 Å². The summed E-state index contributed by atoms with van der Waals surface area (Å²) in [5.74, 6) is 0. The van der Waals surface area contributed by atoms with Crippen LogP contribution in [0.15, 0.2) is 0 Å². The minimum absolute atomic E-state index is 0.0720. The van der Waals surface area contributed by atoms with Crippen molar-refractivity contribution in [3.8, 4) is 0 Å². The third-order valence-corrected chi connectivity index (χ3v) is 1.56. The van der Waals surface area contributed by atoms with E-state index in [9.17, 15) is 0 Å². The van der Waals surface area contributed by atoms with E-state index in [1.165, 1.54) is 0 Å². The minimum atomic E-state index is 0.0720. The van der Waals surface area contributed by atoms with E-state index in [-0.39, 0.29) is 12.2 Å². The smallest absolute Gasteiger partial charge is 0.0931 e. The van der Waals surface area contributed by atoms with Crippen molar-refractivity contribution < 1.29 is 9.47 Å². The van der Waals surface area contributed by atoms with Crippen LogP contribution in [0.4, 0.5) is 0 Å². The molecule has 0 unspecified atom stereocenters. The lowest BCUT2D eigenvalue weighted by Crippen LogP contribution is -2.42. The van der Waals surface area contributed by atoms with Gasteiger partial charge in [0.2, 0.25) is 0 Å². The third-order valence-electron chi connectivity index (χ3n) is 1.56. The van der Waals surface area contributed by atoms with E-state index in [1.54, 1.807) is 0 Å². The van der Waals surface area contributed by atoms with Crippen LogP contribution in [0.25, 0.3) is 0 Å². The molecule has 4 nitrogen and oxygen atoms in total. The Morgan fingerprint density at radius 3 is 1.60 bits per heavy atom. The number of hydrogen-bond donors (Lipinski definition) is 2. The van der Waals surface area contributed by atoms with Gasteiger partial charge in [0.25, 0.3) is 0 Å². The summed E-state index contributed by atoms with van der Waals surface area (Å²) in [5.41, 5.74) is 10.7. The topological polar surface area (TPSA) is 70.5 Å². The summed E-state index contributed by atoms with van der Waals surface area (Å²) >= 11 is 0. The Labute approximate surface area is 60.5 Å². The van der Waals surface area contributed by atoms with Gasteiger partial charge in [0, 0.05) is 13.1 Å². The van der Waals surface area contributed by atoms with Crippen molar-refractivity contribution in [3.63, 3.8) is 0 Å². The predicted molar refractivity (Wildman–Crippen MR) is 37.6 cm³/mol. The SMILES string of the molecule is NC[C@H]1CO[C@@H](CN)CO1. The molecule has 1 saturated heterocycles. The summed E-state index contributed by atoms with van der Waals surface area (Å²) in [6.07, 6.45) is 0.144. The molecule has 0 bridgehead atoms. The fourth-order valence-corrected chi connectivity index (χ4v) is 0.855. The Bertz CT molecular complexity index is 79.7. The first-order chi connectivity index (χ1) is 4.86. The summed E-state index contributed by atoms with van der Waals surface area (Å²) in [5, 5.41) is 0. The van der Waals surface area contributed by atoms with Crippen molar-refractivity contribution in [2.75, 3.05) is 26.3 Å². The van der Waals surface area contributed by atoms with Crippen LogP contribution in [0.1, 0.15) is 0 Å². The van der Waals surface area contributed by atoms with Crippen LogP contribution in [0.3, 0.4) is 0 Å². The fourth-order valence-electron chi connectivity index (χ4n) is 0.855. The van der Waals surface area contributed by atoms with Gasteiger partial charge in [0.15, 0.2) is 0 Å². The molecule has 2 atom stereocenters. The standard InChI is InChI=1S/C6H14N2O2/c7-1-5-3-10-6(2-8)4-9-5/h5-6H,1-4,7-8H2/t5-,6-/m0/s1. The normalized spacial score (nSPS) is 34.2. The molecular formula is C6H14N2O2. The van der Waals surface area contributed by atoms with Crippen LogP contribution in [0.5, 0.6) is 0 Å². The van der Waals surface area contributed by atoms with Crippen molar-refractivity contribution >= 4 is 0 Å². The number of nitrogens with two attached hydrogens (primary N) is 2. The molecule has 0 saturated carbocycles. The highest BCUT2D eigenvalue weighted by molar-refractivity contribution is 4.68. The van der Waals surface area contributed by atoms with E-state index in [0.717, 1.165) is 0 Å². The molecule has 0 aromatic carbocycles. The molecule has 4 N–H and O–H groups in total. The maximum Gasteiger partial charge on any atom is 0.0931 e. The Hall–Kier alpha value is -0.160. The molecule has 0 aromatic rings. The minimum Gasteiger partial charge on any atom is -0.372 e. The average molecular weight is 146 g/mol. The lowest BCUT2D eigenvalue weighted by atomic mass is 10.3. The first-order valence-corrected chi connectivity index (χ1v) is 3.50. The van der Waals surface area contributed by atoms with E-state index in [0.29, 0.717) is 26.3 Å². The molecule has 0 amide bonds. The highest BCUT2D eigenvalue weighted by Crippen LogP contribution is 2.04. The Morgan fingerprint density at radius 2 is 1.40 bits per heavy atom. The van der Waals surface area contributed by atoms with Gasteiger partial charge in [-0.3, -0.25) is 0 Å². The van der Waals surface area contributed by atoms with Gasteiger partial charge in [-0.25, -0.2) is 0 Å². The lowest BCUT2D eigenvalue weighted by Gasteiger charge is -2.27. The zero-order chi connectivity index (χ0) is 7.40. The fraction of sp³-hybridized carbons (Fsp3) is 1.00. The molecular weight excluding hydrogens is 132 g/mol. The zero-order valence-corrected chi connectivity index (χ0v) is 5.95. The monoisotopic (exact) mass is 146 g/mol. The molecule has 0 spiro atoms. The Balaban J connectivity index is 2.17. The van der Waals surface area contributed by atoms with E-state index in [2.05, 4.69) is 0 Å². The van der Waals surface area contributed by atoms with Gasteiger partial charge in [0.1, 0.15) is 0 Å². The molecule has 60 valence electrons. The molecule has 0 radical (unpaired) electrons. The van der Waals surface area contributed by atoms with Gasteiger partial charge in [-0.15, -0.1) is 0 Å². The van der Waals surface area contributed by atoms with Crippen LogP contribution >= 0.6 is 0 Å². The van der Waals surface area contributed by atoms with Gasteiger partial charge in [-0.2, -0.15) is 0 Å². The van der Waals surface area contributed by atoms with Crippen LogP contribution in [-0.2, 0) is 9.47 Å². The van der Waals surface area contributed by atoms with Crippen molar-refractivity contribution in [1.82, 2.24) is 0 Å². The van der Waals surface area contributed by atoms with Gasteiger partial charge >= 0.3 is 0 Å². The molecule has 1 heterocycles. The summed E-state index contributed by atoms with van der Waals surface area (Å²) in [6, 6.07) is 0. The van der Waals surface area contributed by atoms with Crippen molar-refractivity contribution in [3.05, 3.63) is 0 Å². The zero-order valence-electron chi connectivity index (χ0n) is 5.95. The van der Waals surface area contributed by atoms with E-state index < -0.39 is 0 Å². The number of ether oxygens (including phenoxy) is 2. The molecule has 1 aliphatic heterocycles. The molecule has 4 heteroatoms. The second kappa shape index (κ2) is 3.88. The van der Waals surface area contributed by atoms with Crippen LogP contribution in [0.2, 0.25) is 0 Å². The second-order valence-corrected chi connectivity index (χ2v) is 2.38. The largest absolute Gasteiger partial charge is 0.372 e. The average Bonchev–Trinajstić information content (AvgIpc) is 2.05. The summed E-state index contributed by atoms with van der Waals surface area (Å²) in [4.78, 5) is 0. The Morgan fingerprint density at radius 1 is 1.00 bits per heavy atom. The first-order valence-electron chi connectivity index (χ1n) is 3.50. The summed E-state index contributed by atoms with van der Waals surface area (Å²) in [6.45, 7) is 2.21. The molecule has 1 rings (SSSR count). The quantitative estimate of drug-likeness (QED) is 0.507. The predicted octanol–water partition coefficient (Wildman–Crippen LogP) is -1.31. The highest BCUT2D eigenvalue weighted by Gasteiger charge is 2.19. The van der Waals surface area contributed by atoms with Crippen LogP contribution in [0, 0.1) is 0 Å². The lowest BCUT2D eigenvalue weighted by molar-refractivity contribution is -0.125. The van der Waals surface area contributed by atoms with E-state index in [4.69, 9.17) is 20.9 Å². The number of hydrogen-bond acceptors (Lipinski definition) is 4. The molecule has 0 aliphatic carbocycles. The van der Waals surface area contributed by atoms with Gasteiger partial charge < -0.3 is 20.9 Å². The maximum atomic E-state index is 5.35. The van der Waals surface area contributed by atoms with E-state index in [1.807, 2.05) is 0 Å². The Kier molecular flexibility index (Phi) is 3.08. The van der Waals surface area contributed by atoms with Crippen molar-refractivity contribution in [2.24, 2.45) is 11.5 Å². The first kappa shape index (κ1) is 7.94. The number of rotatable bonds is 2. The van der Waals surface area contributed by atoms with Gasteiger partial charge in [0.05, 0.1) is 25.4 Å². The molecule has 1 fully saturated rings. The summed E-state index contributed by atoms with van der Waals surface area (Å²) < 4.78 is 10.6. The van der Waals surface area contributed by atoms with Crippen molar-refractivity contribution in [2.45, 2.75) is 12.2 Å². The van der Waals surface area contributed by atoms with E-state index >= 15 is 0 Å². The maximum absolute atomic E-state index is 5.35. The third kappa shape index (κ3) is 1.91. The summed E-state index contributed by atoms with van der Waals surface area (Å²) in [7, 11) is 0. The van der Waals surface area contributed by atoms with Crippen LogP contribution in [-0.4, -0.2) is 38.5 Å². The van der Waals surface area contributed by atoms with Gasteiger partial charge in [-0.05, 0) is 0 Å². The molecule has 0 aromatic heterocycles.